The molecule has 0 atom stereocenters. The molecule has 0 radical (unpaired) electrons. The molecular formula is C29H29N5O3. The number of H-pyrrole nitrogens is 1. The predicted molar refractivity (Wildman–Crippen MR) is 146 cm³/mol. The second-order valence-corrected chi connectivity index (χ2v) is 8.52. The largest absolute Gasteiger partial charge is 0.493 e. The van der Waals surface area contributed by atoms with Gasteiger partial charge in [0, 0.05) is 29.7 Å². The Hall–Kier alpha value is -4.72. The molecule has 3 N–H and O–H groups in total. The molecule has 8 nitrogen and oxygen atoms in total. The molecule has 37 heavy (non-hydrogen) atoms. The monoisotopic (exact) mass is 495 g/mol. The van der Waals surface area contributed by atoms with Crippen LogP contribution in [0.2, 0.25) is 0 Å². The predicted octanol–water partition coefficient (Wildman–Crippen LogP) is 6.11. The maximum absolute atomic E-state index is 13.1. The minimum absolute atomic E-state index is 0.0382. The summed E-state index contributed by atoms with van der Waals surface area (Å²) in [5.41, 5.74) is 3.94. The van der Waals surface area contributed by atoms with Crippen LogP contribution in [0.5, 0.6) is 5.88 Å². The van der Waals surface area contributed by atoms with E-state index in [1.54, 1.807) is 36.4 Å². The van der Waals surface area contributed by atoms with Crippen LogP contribution in [0.4, 0.5) is 11.4 Å². The molecule has 8 heteroatoms. The highest BCUT2D eigenvalue weighted by molar-refractivity contribution is 6.05. The van der Waals surface area contributed by atoms with Crippen LogP contribution in [0.1, 0.15) is 35.3 Å². The number of amides is 2. The molecule has 0 bridgehead atoms. The normalized spacial score (nSPS) is 11.7. The molecule has 0 aliphatic heterocycles. The molecule has 3 aromatic carbocycles. The average molecular weight is 496 g/mol. The lowest BCUT2D eigenvalue weighted by Gasteiger charge is -2.20. The van der Waals surface area contributed by atoms with Gasteiger partial charge in [0.2, 0.25) is 5.88 Å². The molecular weight excluding hydrogens is 466 g/mol. The van der Waals surface area contributed by atoms with Gasteiger partial charge in [-0.15, -0.1) is 10.2 Å². The molecule has 0 unspecified atom stereocenters. The standard InChI is InChI=1S/C29H29N5O3/c1-4-34(5-2)22-14-12-20(13-15-22)18-25(31-27(35)21-9-7-6-8-10-21)28(36)33-32-26-23-17-19(3)11-16-24(23)30-29(26)37/h6-18,30,37H,4-5H2,1-3H3,(H,31,35)/b25-18-,33-32?. The van der Waals surface area contributed by atoms with Crippen LogP contribution >= 0.6 is 0 Å². The van der Waals surface area contributed by atoms with Gasteiger partial charge in [-0.2, -0.15) is 0 Å². The SMILES string of the molecule is CCN(CC)c1ccc(/C=C(\NC(=O)c2ccccc2)C(=O)N=Nc2c(O)[nH]c3ccc(C)cc23)cc1. The number of hydrogen-bond acceptors (Lipinski definition) is 5. The molecule has 0 aliphatic carbocycles. The number of anilines is 1. The molecule has 1 aromatic heterocycles. The second-order valence-electron chi connectivity index (χ2n) is 8.52. The number of aromatic hydroxyl groups is 1. The van der Waals surface area contributed by atoms with E-state index >= 15 is 0 Å². The topological polar surface area (TPSA) is 110 Å². The summed E-state index contributed by atoms with van der Waals surface area (Å²) >= 11 is 0. The third kappa shape index (κ3) is 5.92. The van der Waals surface area contributed by atoms with E-state index in [0.717, 1.165) is 24.3 Å². The van der Waals surface area contributed by atoms with E-state index in [4.69, 9.17) is 0 Å². The first kappa shape index (κ1) is 25.4. The molecule has 2 amide bonds. The maximum Gasteiger partial charge on any atom is 0.311 e. The fraction of sp³-hybridized carbons (Fsp3) is 0.172. The molecule has 0 saturated heterocycles. The van der Waals surface area contributed by atoms with Crippen molar-refractivity contribution in [1.29, 1.82) is 0 Å². The zero-order valence-electron chi connectivity index (χ0n) is 21.0. The molecule has 0 fully saturated rings. The quantitative estimate of drug-likeness (QED) is 0.202. The molecule has 4 aromatic rings. The van der Waals surface area contributed by atoms with E-state index in [2.05, 4.69) is 39.3 Å². The van der Waals surface area contributed by atoms with Crippen molar-refractivity contribution in [3.8, 4) is 5.88 Å². The average Bonchev–Trinajstić information content (AvgIpc) is 3.22. The Kier molecular flexibility index (Phi) is 7.78. The Bertz CT molecular complexity index is 1470. The Morgan fingerprint density at radius 1 is 1.00 bits per heavy atom. The number of carbonyl (C=O) groups excluding carboxylic acids is 2. The van der Waals surface area contributed by atoms with Crippen molar-refractivity contribution in [3.63, 3.8) is 0 Å². The van der Waals surface area contributed by atoms with Gasteiger partial charge in [-0.3, -0.25) is 9.59 Å². The third-order valence-electron chi connectivity index (χ3n) is 6.00. The van der Waals surface area contributed by atoms with Gasteiger partial charge in [0.05, 0.1) is 5.52 Å². The van der Waals surface area contributed by atoms with Crippen molar-refractivity contribution >= 4 is 40.2 Å². The number of fused-ring (bicyclic) bond motifs is 1. The minimum atomic E-state index is -0.751. The number of azo groups is 1. The summed E-state index contributed by atoms with van der Waals surface area (Å²) in [5, 5.41) is 21.5. The first-order valence-electron chi connectivity index (χ1n) is 12.1. The highest BCUT2D eigenvalue weighted by Gasteiger charge is 2.16. The molecule has 0 saturated carbocycles. The van der Waals surface area contributed by atoms with Crippen LogP contribution in [0.15, 0.2) is 88.7 Å². The van der Waals surface area contributed by atoms with E-state index in [9.17, 15) is 14.7 Å². The van der Waals surface area contributed by atoms with Gasteiger partial charge in [-0.25, -0.2) is 0 Å². The second kappa shape index (κ2) is 11.3. The smallest absolute Gasteiger partial charge is 0.311 e. The van der Waals surface area contributed by atoms with Crippen LogP contribution in [0.3, 0.4) is 0 Å². The minimum Gasteiger partial charge on any atom is -0.493 e. The number of nitrogens with zero attached hydrogens (tertiary/aromatic N) is 3. The summed E-state index contributed by atoms with van der Waals surface area (Å²) in [4.78, 5) is 31.0. The van der Waals surface area contributed by atoms with E-state index in [0.29, 0.717) is 22.0 Å². The number of aromatic nitrogens is 1. The first-order valence-corrected chi connectivity index (χ1v) is 12.1. The Morgan fingerprint density at radius 3 is 2.38 bits per heavy atom. The van der Waals surface area contributed by atoms with Crippen LogP contribution < -0.4 is 10.2 Å². The van der Waals surface area contributed by atoms with Gasteiger partial charge in [0.15, 0.2) is 5.69 Å². The highest BCUT2D eigenvalue weighted by atomic mass is 16.3. The lowest BCUT2D eigenvalue weighted by Crippen LogP contribution is -2.26. The Balaban J connectivity index is 1.66. The lowest BCUT2D eigenvalue weighted by molar-refractivity contribution is -0.115. The van der Waals surface area contributed by atoms with Crippen molar-refractivity contribution < 1.29 is 14.7 Å². The van der Waals surface area contributed by atoms with Crippen LogP contribution in [0.25, 0.3) is 17.0 Å². The molecule has 188 valence electrons. The van der Waals surface area contributed by atoms with Crippen molar-refractivity contribution in [3.05, 3.63) is 95.2 Å². The number of nitrogens with one attached hydrogen (secondary N) is 2. The van der Waals surface area contributed by atoms with Crippen molar-refractivity contribution in [2.75, 3.05) is 18.0 Å². The van der Waals surface area contributed by atoms with Crippen molar-refractivity contribution in [2.45, 2.75) is 20.8 Å². The van der Waals surface area contributed by atoms with Crippen molar-refractivity contribution in [1.82, 2.24) is 10.3 Å². The number of benzene rings is 3. The zero-order valence-corrected chi connectivity index (χ0v) is 21.0. The van der Waals surface area contributed by atoms with E-state index in [-0.39, 0.29) is 17.3 Å². The fourth-order valence-electron chi connectivity index (χ4n) is 4.00. The maximum atomic E-state index is 13.1. The van der Waals surface area contributed by atoms with Gasteiger partial charge < -0.3 is 20.3 Å². The number of aromatic amines is 1. The summed E-state index contributed by atoms with van der Waals surface area (Å²) in [7, 11) is 0. The summed E-state index contributed by atoms with van der Waals surface area (Å²) in [6.07, 6.45) is 1.56. The van der Waals surface area contributed by atoms with Gasteiger partial charge in [-0.1, -0.05) is 42.0 Å². The Labute approximate surface area is 215 Å². The molecule has 0 spiro atoms. The van der Waals surface area contributed by atoms with Crippen molar-refractivity contribution in [2.24, 2.45) is 10.2 Å². The zero-order chi connectivity index (χ0) is 26.4. The van der Waals surface area contributed by atoms with E-state index in [1.165, 1.54) is 0 Å². The summed E-state index contributed by atoms with van der Waals surface area (Å²) < 4.78 is 0. The number of carbonyl (C=O) groups is 2. The number of aryl methyl sites for hydroxylation is 1. The third-order valence-corrected chi connectivity index (χ3v) is 6.00. The van der Waals surface area contributed by atoms with Gasteiger partial charge in [0.25, 0.3) is 5.91 Å². The van der Waals surface area contributed by atoms with Gasteiger partial charge >= 0.3 is 5.91 Å². The van der Waals surface area contributed by atoms with E-state index < -0.39 is 11.8 Å². The fourth-order valence-corrected chi connectivity index (χ4v) is 4.00. The number of hydrogen-bond donors (Lipinski definition) is 3. The highest BCUT2D eigenvalue weighted by Crippen LogP contribution is 2.36. The lowest BCUT2D eigenvalue weighted by atomic mass is 10.1. The molecule has 4 rings (SSSR count). The summed E-state index contributed by atoms with van der Waals surface area (Å²) in [6.45, 7) is 7.85. The van der Waals surface area contributed by atoms with Crippen LogP contribution in [0, 0.1) is 6.92 Å². The van der Waals surface area contributed by atoms with Gasteiger partial charge in [-0.05, 0) is 68.8 Å². The molecule has 1 heterocycles. The summed E-state index contributed by atoms with van der Waals surface area (Å²) in [5.74, 6) is -1.39. The summed E-state index contributed by atoms with van der Waals surface area (Å²) in [6, 6.07) is 21.8. The number of rotatable bonds is 8. The van der Waals surface area contributed by atoms with E-state index in [1.807, 2.05) is 49.4 Å². The van der Waals surface area contributed by atoms with Crippen LogP contribution in [-0.2, 0) is 4.79 Å². The van der Waals surface area contributed by atoms with Crippen LogP contribution in [-0.4, -0.2) is 35.0 Å². The molecule has 0 aliphatic rings. The Morgan fingerprint density at radius 2 is 1.70 bits per heavy atom. The van der Waals surface area contributed by atoms with Gasteiger partial charge in [0.1, 0.15) is 5.70 Å². The first-order chi connectivity index (χ1) is 17.9.